The second kappa shape index (κ2) is 5.72. The topological polar surface area (TPSA) is 41.6 Å². The van der Waals surface area contributed by atoms with E-state index in [9.17, 15) is 4.79 Å². The first kappa shape index (κ1) is 13.9. The maximum atomic E-state index is 11.5. The largest absolute Gasteiger partial charge is 0.378 e. The molecule has 5 heteroatoms. The van der Waals surface area contributed by atoms with Gasteiger partial charge in [-0.3, -0.25) is 4.79 Å². The minimum Gasteiger partial charge on any atom is -0.378 e. The molecule has 3 rings (SSSR count). The predicted octanol–water partition coefficient (Wildman–Crippen LogP) is 1.91. The van der Waals surface area contributed by atoms with Gasteiger partial charge in [0.1, 0.15) is 0 Å². The first-order chi connectivity index (χ1) is 9.65. The van der Waals surface area contributed by atoms with Gasteiger partial charge in [-0.25, -0.2) is 0 Å². The van der Waals surface area contributed by atoms with E-state index in [-0.39, 0.29) is 11.9 Å². The molecule has 0 radical (unpaired) electrons. The Bertz CT molecular complexity index is 527. The van der Waals surface area contributed by atoms with Crippen LogP contribution in [0, 0.1) is 0 Å². The molecule has 1 aromatic rings. The molecule has 1 saturated heterocycles. The van der Waals surface area contributed by atoms with Crippen molar-refractivity contribution >= 4 is 17.5 Å². The Morgan fingerprint density at radius 1 is 1.50 bits per heavy atom. The summed E-state index contributed by atoms with van der Waals surface area (Å²) in [5.74, 6) is 0.122. The molecule has 4 nitrogen and oxygen atoms in total. The lowest BCUT2D eigenvalue weighted by atomic mass is 9.90. The quantitative estimate of drug-likeness (QED) is 0.860. The Hall–Kier alpha value is -1.10. The molecule has 0 unspecified atom stereocenters. The zero-order valence-corrected chi connectivity index (χ0v) is 12.4. The van der Waals surface area contributed by atoms with Gasteiger partial charge in [0.15, 0.2) is 0 Å². The molecule has 20 heavy (non-hydrogen) atoms. The highest BCUT2D eigenvalue weighted by molar-refractivity contribution is 6.30. The number of carbonyl (C=O) groups is 1. The summed E-state index contributed by atoms with van der Waals surface area (Å²) in [5.41, 5.74) is 3.73. The molecule has 1 amide bonds. The number of rotatable bonds is 1. The second-order valence-electron chi connectivity index (χ2n) is 5.40. The number of nitrogens with zero attached hydrogens (tertiary/aromatic N) is 1. The molecular formula is C15H19ClN2O2. The van der Waals surface area contributed by atoms with Gasteiger partial charge in [-0.1, -0.05) is 11.6 Å². The number of hydrogen-bond acceptors (Lipinski definition) is 3. The summed E-state index contributed by atoms with van der Waals surface area (Å²) in [5, 5.41) is 4.22. The summed E-state index contributed by atoms with van der Waals surface area (Å²) in [4.78, 5) is 13.4. The van der Waals surface area contributed by atoms with Gasteiger partial charge in [-0.15, -0.1) is 0 Å². The highest BCUT2D eigenvalue weighted by atomic mass is 35.5. The van der Waals surface area contributed by atoms with Crippen molar-refractivity contribution in [1.82, 2.24) is 10.2 Å². The average molecular weight is 295 g/mol. The summed E-state index contributed by atoms with van der Waals surface area (Å²) in [6.45, 7) is 5.37. The number of amides is 1. The number of ether oxygens (including phenoxy) is 1. The molecule has 1 fully saturated rings. The van der Waals surface area contributed by atoms with Crippen molar-refractivity contribution in [3.8, 4) is 0 Å². The smallest absolute Gasteiger partial charge is 0.219 e. The van der Waals surface area contributed by atoms with E-state index in [1.807, 2.05) is 17.0 Å². The van der Waals surface area contributed by atoms with E-state index in [1.165, 1.54) is 16.7 Å². The van der Waals surface area contributed by atoms with Crippen LogP contribution < -0.4 is 5.32 Å². The summed E-state index contributed by atoms with van der Waals surface area (Å²) < 4.78 is 5.56. The molecule has 0 aliphatic carbocycles. The maximum Gasteiger partial charge on any atom is 0.219 e. The van der Waals surface area contributed by atoms with Crippen LogP contribution in [0.5, 0.6) is 0 Å². The van der Waals surface area contributed by atoms with Crippen molar-refractivity contribution in [2.24, 2.45) is 0 Å². The Morgan fingerprint density at radius 2 is 2.35 bits per heavy atom. The first-order valence-corrected chi connectivity index (χ1v) is 7.41. The Kier molecular flexibility index (Phi) is 3.96. The van der Waals surface area contributed by atoms with Crippen LogP contribution in [0.1, 0.15) is 29.7 Å². The summed E-state index contributed by atoms with van der Waals surface area (Å²) in [7, 11) is 0. The molecule has 0 saturated carbocycles. The molecule has 1 N–H and O–H groups in total. The van der Waals surface area contributed by atoms with Gasteiger partial charge in [0.05, 0.1) is 19.3 Å². The SMILES string of the molecule is CC(=O)N1CCc2c(cc(Cl)cc2[C@@H]2COCCN2)C1. The van der Waals surface area contributed by atoms with Crippen molar-refractivity contribution in [3.05, 3.63) is 33.8 Å². The predicted molar refractivity (Wildman–Crippen MR) is 77.8 cm³/mol. The molecule has 0 bridgehead atoms. The standard InChI is InChI=1S/C15H19ClN2O2/c1-10(19)18-4-2-13-11(8-18)6-12(16)7-14(13)15-9-20-5-3-17-15/h6-7,15,17H,2-5,8-9H2,1H3/t15-/m0/s1. The number of benzene rings is 1. The van der Waals surface area contributed by atoms with Crippen LogP contribution in [0.3, 0.4) is 0 Å². The fourth-order valence-electron chi connectivity index (χ4n) is 3.04. The lowest BCUT2D eigenvalue weighted by molar-refractivity contribution is -0.129. The Balaban J connectivity index is 1.94. The van der Waals surface area contributed by atoms with Crippen molar-refractivity contribution in [3.63, 3.8) is 0 Å². The van der Waals surface area contributed by atoms with E-state index >= 15 is 0 Å². The molecule has 2 aliphatic rings. The van der Waals surface area contributed by atoms with Crippen LogP contribution in [0.2, 0.25) is 5.02 Å². The normalized spacial score (nSPS) is 22.5. The van der Waals surface area contributed by atoms with Crippen LogP contribution in [-0.4, -0.2) is 37.1 Å². The minimum atomic E-state index is 0.122. The zero-order chi connectivity index (χ0) is 14.1. The third kappa shape index (κ3) is 2.68. The van der Waals surface area contributed by atoms with E-state index in [2.05, 4.69) is 5.32 Å². The van der Waals surface area contributed by atoms with Crippen LogP contribution in [0.15, 0.2) is 12.1 Å². The Labute approximate surface area is 124 Å². The molecule has 2 heterocycles. The van der Waals surface area contributed by atoms with Gasteiger partial charge >= 0.3 is 0 Å². The van der Waals surface area contributed by atoms with Crippen LogP contribution in [-0.2, 0) is 22.5 Å². The number of carbonyl (C=O) groups excluding carboxylic acids is 1. The van der Waals surface area contributed by atoms with E-state index in [1.54, 1.807) is 6.92 Å². The number of nitrogens with one attached hydrogen (secondary N) is 1. The van der Waals surface area contributed by atoms with Gasteiger partial charge in [0, 0.05) is 31.6 Å². The Morgan fingerprint density at radius 3 is 3.05 bits per heavy atom. The van der Waals surface area contributed by atoms with E-state index in [0.717, 1.165) is 31.1 Å². The van der Waals surface area contributed by atoms with Crippen molar-refractivity contribution < 1.29 is 9.53 Å². The van der Waals surface area contributed by atoms with Crippen molar-refractivity contribution in [1.29, 1.82) is 0 Å². The van der Waals surface area contributed by atoms with E-state index in [4.69, 9.17) is 16.3 Å². The number of halogens is 1. The van der Waals surface area contributed by atoms with Gasteiger partial charge in [0.25, 0.3) is 0 Å². The molecule has 2 aliphatic heterocycles. The molecule has 1 aromatic carbocycles. The maximum absolute atomic E-state index is 11.5. The second-order valence-corrected chi connectivity index (χ2v) is 5.84. The third-order valence-corrected chi connectivity index (χ3v) is 4.30. The fraction of sp³-hybridized carbons (Fsp3) is 0.533. The van der Waals surface area contributed by atoms with E-state index < -0.39 is 0 Å². The fourth-order valence-corrected chi connectivity index (χ4v) is 3.29. The van der Waals surface area contributed by atoms with Crippen LogP contribution in [0.4, 0.5) is 0 Å². The lowest BCUT2D eigenvalue weighted by Gasteiger charge is -2.33. The van der Waals surface area contributed by atoms with Crippen molar-refractivity contribution in [2.75, 3.05) is 26.3 Å². The average Bonchev–Trinajstić information content (AvgIpc) is 2.46. The monoisotopic (exact) mass is 294 g/mol. The summed E-state index contributed by atoms with van der Waals surface area (Å²) in [6.07, 6.45) is 0.888. The third-order valence-electron chi connectivity index (χ3n) is 4.08. The van der Waals surface area contributed by atoms with E-state index in [0.29, 0.717) is 13.2 Å². The van der Waals surface area contributed by atoms with Crippen molar-refractivity contribution in [2.45, 2.75) is 25.9 Å². The van der Waals surface area contributed by atoms with Gasteiger partial charge in [-0.05, 0) is 35.2 Å². The zero-order valence-electron chi connectivity index (χ0n) is 11.6. The molecule has 1 atom stereocenters. The minimum absolute atomic E-state index is 0.122. The highest BCUT2D eigenvalue weighted by Gasteiger charge is 2.25. The van der Waals surface area contributed by atoms with Gasteiger partial charge in [-0.2, -0.15) is 0 Å². The molecule has 0 spiro atoms. The van der Waals surface area contributed by atoms with Crippen LogP contribution in [0.25, 0.3) is 0 Å². The number of hydrogen-bond donors (Lipinski definition) is 1. The number of fused-ring (bicyclic) bond motifs is 1. The molecule has 0 aromatic heterocycles. The van der Waals surface area contributed by atoms with Gasteiger partial charge in [0.2, 0.25) is 5.91 Å². The highest BCUT2D eigenvalue weighted by Crippen LogP contribution is 2.31. The number of morpholine rings is 1. The molecular weight excluding hydrogens is 276 g/mol. The lowest BCUT2D eigenvalue weighted by Crippen LogP contribution is -2.38. The summed E-state index contributed by atoms with van der Waals surface area (Å²) >= 11 is 6.26. The summed E-state index contributed by atoms with van der Waals surface area (Å²) in [6, 6.07) is 4.23. The molecule has 108 valence electrons. The van der Waals surface area contributed by atoms with Gasteiger partial charge < -0.3 is 15.0 Å². The first-order valence-electron chi connectivity index (χ1n) is 7.03. The van der Waals surface area contributed by atoms with Crippen LogP contribution >= 0.6 is 11.6 Å².